The smallest absolute Gasteiger partial charge is 0.306 e. The molecular weight excluding hydrogens is 997 g/mol. The zero-order valence-corrected chi connectivity index (χ0v) is 54.6. The molecule has 1 unspecified atom stereocenters. The molecule has 0 aliphatic heterocycles. The summed E-state index contributed by atoms with van der Waals surface area (Å²) in [5.41, 5.74) is 0. The predicted molar refractivity (Wildman–Crippen MR) is 353 cm³/mol. The predicted octanol–water partition coefficient (Wildman–Crippen LogP) is 24.9. The van der Waals surface area contributed by atoms with E-state index in [1.54, 1.807) is 0 Å². The highest BCUT2D eigenvalue weighted by atomic mass is 16.6. The molecule has 474 valence electrons. The lowest BCUT2D eigenvalue weighted by Gasteiger charge is -2.18. The lowest BCUT2D eigenvalue weighted by molar-refractivity contribution is -0.167. The second-order valence-corrected chi connectivity index (χ2v) is 24.5. The fraction of sp³-hybridized carbons (Fsp3) is 0.853. The first-order valence-electron chi connectivity index (χ1n) is 36.1. The van der Waals surface area contributed by atoms with Crippen molar-refractivity contribution in [3.8, 4) is 0 Å². The molecule has 6 nitrogen and oxygen atoms in total. The Hall–Kier alpha value is -2.63. The highest BCUT2D eigenvalue weighted by Gasteiger charge is 2.19. The topological polar surface area (TPSA) is 78.9 Å². The number of rotatable bonds is 67. The maximum Gasteiger partial charge on any atom is 0.306 e. The Morgan fingerprint density at radius 3 is 0.704 bits per heavy atom. The molecule has 0 saturated heterocycles. The van der Waals surface area contributed by atoms with Gasteiger partial charge in [-0.05, 0) is 83.5 Å². The Kier molecular flexibility index (Phi) is 67.6. The van der Waals surface area contributed by atoms with Gasteiger partial charge in [0, 0.05) is 19.3 Å². The van der Waals surface area contributed by atoms with Crippen molar-refractivity contribution in [3.63, 3.8) is 0 Å². The van der Waals surface area contributed by atoms with Gasteiger partial charge in [0.05, 0.1) is 0 Å². The number of allylic oxidation sites excluding steroid dienone is 8. The van der Waals surface area contributed by atoms with E-state index in [9.17, 15) is 14.4 Å². The molecule has 1 atom stereocenters. The molecule has 0 amide bonds. The van der Waals surface area contributed by atoms with E-state index in [2.05, 4.69) is 69.4 Å². The average molecular weight is 1140 g/mol. The molecule has 0 aromatic carbocycles. The van der Waals surface area contributed by atoms with Crippen LogP contribution in [0.2, 0.25) is 0 Å². The Morgan fingerprint density at radius 1 is 0.247 bits per heavy atom. The van der Waals surface area contributed by atoms with Gasteiger partial charge in [0.15, 0.2) is 6.10 Å². The quantitative estimate of drug-likeness (QED) is 0.0261. The summed E-state index contributed by atoms with van der Waals surface area (Å²) in [5.74, 6) is -0.858. The Balaban J connectivity index is 4.02. The summed E-state index contributed by atoms with van der Waals surface area (Å²) < 4.78 is 16.9. The Labute approximate surface area is 505 Å². The van der Waals surface area contributed by atoms with Crippen molar-refractivity contribution in [2.24, 2.45) is 0 Å². The number of carbonyl (C=O) groups is 3. The van der Waals surface area contributed by atoms with Gasteiger partial charge in [-0.3, -0.25) is 14.4 Å². The monoisotopic (exact) mass is 1140 g/mol. The fourth-order valence-electron chi connectivity index (χ4n) is 10.9. The zero-order valence-electron chi connectivity index (χ0n) is 54.6. The number of ether oxygens (including phenoxy) is 3. The summed E-state index contributed by atoms with van der Waals surface area (Å²) in [6.45, 7) is 6.64. The molecule has 0 N–H and O–H groups in total. The normalized spacial score (nSPS) is 12.3. The number of esters is 3. The summed E-state index contributed by atoms with van der Waals surface area (Å²) in [7, 11) is 0. The van der Waals surface area contributed by atoms with Gasteiger partial charge in [-0.15, -0.1) is 0 Å². The number of unbranched alkanes of at least 4 members (excludes halogenated alkanes) is 48. The van der Waals surface area contributed by atoms with E-state index in [0.717, 1.165) is 70.6 Å². The van der Waals surface area contributed by atoms with E-state index >= 15 is 0 Å². The molecule has 0 heterocycles. The van der Waals surface area contributed by atoms with Crippen molar-refractivity contribution in [1.29, 1.82) is 0 Å². The van der Waals surface area contributed by atoms with Crippen LogP contribution >= 0.6 is 0 Å². The van der Waals surface area contributed by atoms with Gasteiger partial charge in [0.2, 0.25) is 0 Å². The second-order valence-electron chi connectivity index (χ2n) is 24.5. The van der Waals surface area contributed by atoms with Crippen LogP contribution < -0.4 is 0 Å². The fourth-order valence-corrected chi connectivity index (χ4v) is 10.9. The van der Waals surface area contributed by atoms with E-state index in [0.29, 0.717) is 19.3 Å². The lowest BCUT2D eigenvalue weighted by Crippen LogP contribution is -2.30. The van der Waals surface area contributed by atoms with Crippen molar-refractivity contribution < 1.29 is 28.6 Å². The van der Waals surface area contributed by atoms with Crippen LogP contribution in [-0.4, -0.2) is 37.2 Å². The number of hydrogen-bond donors (Lipinski definition) is 0. The Morgan fingerprint density at radius 2 is 0.444 bits per heavy atom. The maximum absolute atomic E-state index is 12.9. The van der Waals surface area contributed by atoms with Gasteiger partial charge in [-0.1, -0.05) is 339 Å². The third-order valence-corrected chi connectivity index (χ3v) is 16.3. The van der Waals surface area contributed by atoms with Crippen molar-refractivity contribution >= 4 is 17.9 Å². The summed E-state index contributed by atoms with van der Waals surface area (Å²) in [5, 5.41) is 0. The van der Waals surface area contributed by atoms with E-state index in [4.69, 9.17) is 14.2 Å². The molecule has 6 heteroatoms. The minimum Gasteiger partial charge on any atom is -0.462 e. The van der Waals surface area contributed by atoms with E-state index in [-0.39, 0.29) is 31.1 Å². The van der Waals surface area contributed by atoms with Crippen LogP contribution in [0.5, 0.6) is 0 Å². The summed E-state index contributed by atoms with van der Waals surface area (Å²) in [4.78, 5) is 38.2. The van der Waals surface area contributed by atoms with Gasteiger partial charge in [0.1, 0.15) is 13.2 Å². The van der Waals surface area contributed by atoms with Gasteiger partial charge in [0.25, 0.3) is 0 Å². The first kappa shape index (κ1) is 78.4. The molecule has 0 spiro atoms. The molecule has 0 aliphatic carbocycles. The molecule has 0 aromatic heterocycles. The highest BCUT2D eigenvalue weighted by molar-refractivity contribution is 5.71. The standard InChI is InChI=1S/C75H138O6/c1-4-7-10-13-16-18-20-22-24-26-28-30-32-34-35-36-37-38-39-41-42-44-46-48-50-52-54-56-59-62-65-68-74(77)80-71-72(70-79-73(76)67-64-61-58-15-12-9-6-3)81-75(78)69-66-63-60-57-55-53-51-49-47-45-43-40-33-31-29-27-25-23-21-19-17-14-11-8-5-2/h21,23,26-29,33,40,72H,4-20,22,24-25,30-32,34-39,41-71H2,1-3H3/b23-21-,28-26-,29-27-,40-33-. The lowest BCUT2D eigenvalue weighted by atomic mass is 10.0. The van der Waals surface area contributed by atoms with Crippen molar-refractivity contribution in [1.82, 2.24) is 0 Å². The van der Waals surface area contributed by atoms with Crippen LogP contribution in [-0.2, 0) is 28.6 Å². The second kappa shape index (κ2) is 69.9. The van der Waals surface area contributed by atoms with E-state index < -0.39 is 6.10 Å². The number of hydrogen-bond acceptors (Lipinski definition) is 6. The summed E-state index contributed by atoms with van der Waals surface area (Å²) >= 11 is 0. The van der Waals surface area contributed by atoms with Crippen LogP contribution in [0.1, 0.15) is 393 Å². The molecule has 81 heavy (non-hydrogen) atoms. The minimum atomic E-state index is -0.772. The highest BCUT2D eigenvalue weighted by Crippen LogP contribution is 2.18. The molecule has 0 radical (unpaired) electrons. The van der Waals surface area contributed by atoms with E-state index in [1.165, 1.54) is 283 Å². The van der Waals surface area contributed by atoms with Gasteiger partial charge < -0.3 is 14.2 Å². The summed E-state index contributed by atoms with van der Waals surface area (Å²) in [6.07, 6.45) is 89.0. The molecular formula is C75H138O6. The Bertz CT molecular complexity index is 1400. The third kappa shape index (κ3) is 68.0. The van der Waals surface area contributed by atoms with Gasteiger partial charge in [-0.25, -0.2) is 0 Å². The molecule has 0 aliphatic rings. The SMILES string of the molecule is CCCCCCC/C=C\C/C=C\C/C=C\CCCCCCCCCCCCC(=O)OC(COC(=O)CCCCCCCCC)COC(=O)CCCCCCCCCCCCCCCCCCCCC/C=C\CCCCCCCCCC. The first-order chi connectivity index (χ1) is 40.0. The summed E-state index contributed by atoms with van der Waals surface area (Å²) in [6, 6.07) is 0. The molecule has 0 fully saturated rings. The zero-order chi connectivity index (χ0) is 58.5. The molecule has 0 aromatic rings. The number of carbonyl (C=O) groups excluding carboxylic acids is 3. The maximum atomic E-state index is 12.9. The van der Waals surface area contributed by atoms with E-state index in [1.807, 2.05) is 0 Å². The van der Waals surface area contributed by atoms with Crippen molar-refractivity contribution in [2.45, 2.75) is 399 Å². The first-order valence-corrected chi connectivity index (χ1v) is 36.1. The van der Waals surface area contributed by atoms with Crippen LogP contribution in [0, 0.1) is 0 Å². The molecule has 0 saturated carbocycles. The van der Waals surface area contributed by atoms with Crippen LogP contribution in [0.15, 0.2) is 48.6 Å². The molecule has 0 bridgehead atoms. The van der Waals surface area contributed by atoms with Crippen LogP contribution in [0.3, 0.4) is 0 Å². The van der Waals surface area contributed by atoms with Crippen molar-refractivity contribution in [3.05, 3.63) is 48.6 Å². The molecule has 0 rings (SSSR count). The van der Waals surface area contributed by atoms with Gasteiger partial charge >= 0.3 is 17.9 Å². The van der Waals surface area contributed by atoms with Crippen molar-refractivity contribution in [2.75, 3.05) is 13.2 Å². The third-order valence-electron chi connectivity index (χ3n) is 16.3. The van der Waals surface area contributed by atoms with Crippen LogP contribution in [0.4, 0.5) is 0 Å². The van der Waals surface area contributed by atoms with Gasteiger partial charge in [-0.2, -0.15) is 0 Å². The largest absolute Gasteiger partial charge is 0.462 e. The average Bonchev–Trinajstić information content (AvgIpc) is 3.46. The van der Waals surface area contributed by atoms with Crippen LogP contribution in [0.25, 0.3) is 0 Å². The minimum absolute atomic E-state index is 0.0702.